The van der Waals surface area contributed by atoms with Gasteiger partial charge in [0.15, 0.2) is 5.78 Å². The van der Waals surface area contributed by atoms with Crippen molar-refractivity contribution in [3.63, 3.8) is 0 Å². The first kappa shape index (κ1) is 14.7. The average molecular weight is 314 g/mol. The summed E-state index contributed by atoms with van der Waals surface area (Å²) in [5.74, 6) is 0.844. The fraction of sp³-hybridized carbons (Fsp3) is 0.136. The SMILES string of the molecule is COc1ccc2c(c1)C(=O)C(=Cc1cccc3ccccc13)CC2. The summed E-state index contributed by atoms with van der Waals surface area (Å²) in [6.07, 6.45) is 3.72. The molecule has 0 aromatic heterocycles. The number of allylic oxidation sites excluding steroid dienone is 1. The molecule has 0 atom stereocenters. The molecule has 118 valence electrons. The molecule has 0 N–H and O–H groups in total. The lowest BCUT2D eigenvalue weighted by Crippen LogP contribution is -2.14. The van der Waals surface area contributed by atoms with Gasteiger partial charge in [-0.15, -0.1) is 0 Å². The number of hydrogen-bond acceptors (Lipinski definition) is 2. The third-order valence-electron chi connectivity index (χ3n) is 4.67. The van der Waals surface area contributed by atoms with Crippen molar-refractivity contribution in [3.05, 3.63) is 82.9 Å². The fourth-order valence-corrected chi connectivity index (χ4v) is 3.37. The predicted octanol–water partition coefficient (Wildman–Crippen LogP) is 5.06. The highest BCUT2D eigenvalue weighted by Crippen LogP contribution is 2.30. The minimum absolute atomic E-state index is 0.114. The van der Waals surface area contributed by atoms with Gasteiger partial charge in [0.2, 0.25) is 0 Å². The van der Waals surface area contributed by atoms with Crippen LogP contribution in [0.1, 0.15) is 27.9 Å². The number of hydrogen-bond donors (Lipinski definition) is 0. The molecule has 3 aromatic carbocycles. The standard InChI is InChI=1S/C22H18O2/c1-24-19-12-11-16-9-10-18(22(23)21(16)14-19)13-17-7-4-6-15-5-2-3-8-20(15)17/h2-8,11-14H,9-10H2,1H3. The Morgan fingerprint density at radius 2 is 1.79 bits per heavy atom. The predicted molar refractivity (Wildman–Crippen MR) is 97.6 cm³/mol. The van der Waals surface area contributed by atoms with Crippen molar-refractivity contribution in [2.24, 2.45) is 0 Å². The molecule has 0 saturated carbocycles. The molecule has 0 spiro atoms. The van der Waals surface area contributed by atoms with Gasteiger partial charge in [0.05, 0.1) is 7.11 Å². The molecule has 0 amide bonds. The van der Waals surface area contributed by atoms with E-state index in [-0.39, 0.29) is 5.78 Å². The zero-order chi connectivity index (χ0) is 16.5. The maximum Gasteiger partial charge on any atom is 0.189 e. The van der Waals surface area contributed by atoms with Gasteiger partial charge in [0, 0.05) is 11.1 Å². The summed E-state index contributed by atoms with van der Waals surface area (Å²) in [5, 5.41) is 2.37. The summed E-state index contributed by atoms with van der Waals surface area (Å²) < 4.78 is 5.27. The Morgan fingerprint density at radius 1 is 0.958 bits per heavy atom. The van der Waals surface area contributed by atoms with E-state index in [0.717, 1.165) is 40.9 Å². The minimum atomic E-state index is 0.114. The highest BCUT2D eigenvalue weighted by atomic mass is 16.5. The second-order valence-electron chi connectivity index (χ2n) is 6.09. The molecule has 0 radical (unpaired) electrons. The first-order valence-electron chi connectivity index (χ1n) is 8.16. The zero-order valence-electron chi connectivity index (χ0n) is 13.6. The van der Waals surface area contributed by atoms with Gasteiger partial charge >= 0.3 is 0 Å². The van der Waals surface area contributed by atoms with E-state index < -0.39 is 0 Å². The number of fused-ring (bicyclic) bond motifs is 2. The van der Waals surface area contributed by atoms with Crippen LogP contribution in [0.3, 0.4) is 0 Å². The molecular formula is C22H18O2. The van der Waals surface area contributed by atoms with Crippen molar-refractivity contribution in [2.75, 3.05) is 7.11 Å². The van der Waals surface area contributed by atoms with Crippen LogP contribution in [-0.2, 0) is 6.42 Å². The number of aryl methyl sites for hydroxylation is 1. The van der Waals surface area contributed by atoms with Gasteiger partial charge in [-0.25, -0.2) is 0 Å². The summed E-state index contributed by atoms with van der Waals surface area (Å²) in [5.41, 5.74) is 3.85. The maximum atomic E-state index is 12.9. The fourth-order valence-electron chi connectivity index (χ4n) is 3.37. The Kier molecular flexibility index (Phi) is 3.66. The number of rotatable bonds is 2. The largest absolute Gasteiger partial charge is 0.497 e. The quantitative estimate of drug-likeness (QED) is 0.618. The van der Waals surface area contributed by atoms with Gasteiger partial charge in [0.1, 0.15) is 5.75 Å². The van der Waals surface area contributed by atoms with E-state index in [1.807, 2.05) is 42.5 Å². The van der Waals surface area contributed by atoms with Crippen LogP contribution in [0.4, 0.5) is 0 Å². The van der Waals surface area contributed by atoms with Crippen LogP contribution in [0.2, 0.25) is 0 Å². The number of ether oxygens (including phenoxy) is 1. The molecule has 1 aliphatic rings. The number of carbonyl (C=O) groups excluding carboxylic acids is 1. The number of carbonyl (C=O) groups is 1. The van der Waals surface area contributed by atoms with Crippen molar-refractivity contribution in [3.8, 4) is 5.75 Å². The molecule has 0 fully saturated rings. The second kappa shape index (κ2) is 5.97. The average Bonchev–Trinajstić information content (AvgIpc) is 2.64. The van der Waals surface area contributed by atoms with Gasteiger partial charge in [-0.1, -0.05) is 48.5 Å². The molecular weight excluding hydrogens is 296 g/mol. The Labute approximate surface area is 141 Å². The topological polar surface area (TPSA) is 26.3 Å². The van der Waals surface area contributed by atoms with Crippen molar-refractivity contribution < 1.29 is 9.53 Å². The Hall–Kier alpha value is -2.87. The van der Waals surface area contributed by atoms with Crippen molar-refractivity contribution in [1.29, 1.82) is 0 Å². The summed E-state index contributed by atoms with van der Waals surface area (Å²) in [4.78, 5) is 12.9. The lowest BCUT2D eigenvalue weighted by molar-refractivity contribution is 0.102. The van der Waals surface area contributed by atoms with Crippen LogP contribution >= 0.6 is 0 Å². The molecule has 0 aliphatic heterocycles. The molecule has 0 heterocycles. The van der Waals surface area contributed by atoms with Gasteiger partial charge in [-0.2, -0.15) is 0 Å². The van der Waals surface area contributed by atoms with Crippen LogP contribution in [0, 0.1) is 0 Å². The molecule has 1 aliphatic carbocycles. The lowest BCUT2D eigenvalue weighted by Gasteiger charge is -2.18. The highest BCUT2D eigenvalue weighted by molar-refractivity contribution is 6.14. The molecule has 3 aromatic rings. The number of ketones is 1. The maximum absolute atomic E-state index is 12.9. The van der Waals surface area contributed by atoms with E-state index in [1.54, 1.807) is 7.11 Å². The van der Waals surface area contributed by atoms with E-state index >= 15 is 0 Å². The van der Waals surface area contributed by atoms with Crippen molar-refractivity contribution in [1.82, 2.24) is 0 Å². The van der Waals surface area contributed by atoms with E-state index in [2.05, 4.69) is 24.3 Å². The van der Waals surface area contributed by atoms with E-state index in [9.17, 15) is 4.79 Å². The van der Waals surface area contributed by atoms with Crippen LogP contribution in [0.25, 0.3) is 16.8 Å². The molecule has 0 saturated heterocycles. The first-order chi connectivity index (χ1) is 11.8. The molecule has 2 nitrogen and oxygen atoms in total. The van der Waals surface area contributed by atoms with Gasteiger partial charge in [-0.3, -0.25) is 4.79 Å². The summed E-state index contributed by atoms with van der Waals surface area (Å²) in [6.45, 7) is 0. The normalized spacial score (nSPS) is 15.5. The Balaban J connectivity index is 1.79. The van der Waals surface area contributed by atoms with E-state index in [1.165, 1.54) is 10.8 Å². The lowest BCUT2D eigenvalue weighted by atomic mass is 9.85. The van der Waals surface area contributed by atoms with Gasteiger partial charge in [-0.05, 0) is 52.9 Å². The molecule has 0 unspecified atom stereocenters. The highest BCUT2D eigenvalue weighted by Gasteiger charge is 2.22. The monoisotopic (exact) mass is 314 g/mol. The smallest absolute Gasteiger partial charge is 0.189 e. The third kappa shape index (κ3) is 2.50. The van der Waals surface area contributed by atoms with E-state index in [4.69, 9.17) is 4.74 Å². The third-order valence-corrected chi connectivity index (χ3v) is 4.67. The first-order valence-corrected chi connectivity index (χ1v) is 8.16. The summed E-state index contributed by atoms with van der Waals surface area (Å²) >= 11 is 0. The zero-order valence-corrected chi connectivity index (χ0v) is 13.6. The molecule has 4 rings (SSSR count). The number of methoxy groups -OCH3 is 1. The van der Waals surface area contributed by atoms with Crippen molar-refractivity contribution in [2.45, 2.75) is 12.8 Å². The van der Waals surface area contributed by atoms with Crippen molar-refractivity contribution >= 4 is 22.6 Å². The number of Topliss-reactive ketones (excluding diaryl/α,β-unsaturated/α-hetero) is 1. The van der Waals surface area contributed by atoms with Gasteiger partial charge < -0.3 is 4.74 Å². The van der Waals surface area contributed by atoms with Crippen LogP contribution in [0.5, 0.6) is 5.75 Å². The van der Waals surface area contributed by atoms with E-state index in [0.29, 0.717) is 0 Å². The van der Waals surface area contributed by atoms with Crippen LogP contribution < -0.4 is 4.74 Å². The molecule has 2 heteroatoms. The van der Waals surface area contributed by atoms with Crippen LogP contribution in [-0.4, -0.2) is 12.9 Å². The minimum Gasteiger partial charge on any atom is -0.497 e. The molecule has 24 heavy (non-hydrogen) atoms. The number of benzene rings is 3. The summed E-state index contributed by atoms with van der Waals surface area (Å²) in [7, 11) is 1.63. The Bertz CT molecular complexity index is 961. The molecule has 0 bridgehead atoms. The van der Waals surface area contributed by atoms with Gasteiger partial charge in [0.25, 0.3) is 0 Å². The second-order valence-corrected chi connectivity index (χ2v) is 6.09. The van der Waals surface area contributed by atoms with Crippen LogP contribution in [0.15, 0.2) is 66.2 Å². The summed E-state index contributed by atoms with van der Waals surface area (Å²) in [6, 6.07) is 20.3. The Morgan fingerprint density at radius 3 is 2.67 bits per heavy atom.